The number of anilines is 2. The summed E-state index contributed by atoms with van der Waals surface area (Å²) in [4.78, 5) is 1.77. The van der Waals surface area contributed by atoms with E-state index >= 15 is 0 Å². The van der Waals surface area contributed by atoms with Gasteiger partial charge in [-0.05, 0) is 36.8 Å². The molecule has 0 saturated heterocycles. The number of nitrogens with zero attached hydrogens (tertiary/aromatic N) is 2. The zero-order valence-corrected chi connectivity index (χ0v) is 11.8. The van der Waals surface area contributed by atoms with Crippen LogP contribution in [0.25, 0.3) is 0 Å². The molecule has 0 saturated carbocycles. The Hall–Kier alpha value is -2.38. The SMILES string of the molecule is CC(O)c1ccc(N(CCC#N)c2ccccc2)c(F)c1. The summed E-state index contributed by atoms with van der Waals surface area (Å²) in [6.45, 7) is 2.00. The maximum atomic E-state index is 14.3. The van der Waals surface area contributed by atoms with Crippen molar-refractivity contribution in [1.29, 1.82) is 5.26 Å². The molecule has 0 aliphatic rings. The van der Waals surface area contributed by atoms with Crippen LogP contribution < -0.4 is 4.90 Å². The Morgan fingerprint density at radius 2 is 1.95 bits per heavy atom. The fourth-order valence-electron chi connectivity index (χ4n) is 2.16. The smallest absolute Gasteiger partial charge is 0.147 e. The van der Waals surface area contributed by atoms with E-state index in [1.807, 2.05) is 30.3 Å². The Balaban J connectivity index is 2.40. The number of halogens is 1. The van der Waals surface area contributed by atoms with Crippen molar-refractivity contribution in [3.05, 3.63) is 59.9 Å². The largest absolute Gasteiger partial charge is 0.389 e. The Morgan fingerprint density at radius 3 is 2.52 bits per heavy atom. The van der Waals surface area contributed by atoms with Crippen LogP contribution in [-0.4, -0.2) is 11.7 Å². The molecule has 2 rings (SSSR count). The average Bonchev–Trinajstić information content (AvgIpc) is 2.50. The van der Waals surface area contributed by atoms with Crippen LogP contribution in [0.5, 0.6) is 0 Å². The first-order valence-corrected chi connectivity index (χ1v) is 6.80. The van der Waals surface area contributed by atoms with Gasteiger partial charge in [0.05, 0.1) is 24.3 Å². The number of aliphatic hydroxyl groups is 1. The van der Waals surface area contributed by atoms with Gasteiger partial charge in [0.25, 0.3) is 0 Å². The third kappa shape index (κ3) is 3.59. The number of rotatable bonds is 5. The zero-order chi connectivity index (χ0) is 15.2. The van der Waals surface area contributed by atoms with E-state index in [1.165, 1.54) is 6.07 Å². The monoisotopic (exact) mass is 284 g/mol. The van der Waals surface area contributed by atoms with Crippen molar-refractivity contribution < 1.29 is 9.50 Å². The highest BCUT2D eigenvalue weighted by Crippen LogP contribution is 2.29. The van der Waals surface area contributed by atoms with Crippen molar-refractivity contribution >= 4 is 11.4 Å². The van der Waals surface area contributed by atoms with Gasteiger partial charge in [0, 0.05) is 12.2 Å². The highest BCUT2D eigenvalue weighted by Gasteiger charge is 2.15. The fourth-order valence-corrected chi connectivity index (χ4v) is 2.16. The lowest BCUT2D eigenvalue weighted by molar-refractivity contribution is 0.199. The molecule has 4 heteroatoms. The summed E-state index contributed by atoms with van der Waals surface area (Å²) >= 11 is 0. The highest BCUT2D eigenvalue weighted by molar-refractivity contribution is 5.64. The minimum absolute atomic E-state index is 0.298. The molecule has 0 fully saturated rings. The summed E-state index contributed by atoms with van der Waals surface area (Å²) in [7, 11) is 0. The zero-order valence-electron chi connectivity index (χ0n) is 11.8. The lowest BCUT2D eigenvalue weighted by atomic mass is 10.1. The summed E-state index contributed by atoms with van der Waals surface area (Å²) in [5, 5.41) is 18.3. The number of nitriles is 1. The minimum atomic E-state index is -0.710. The molecule has 108 valence electrons. The second kappa shape index (κ2) is 6.87. The summed E-state index contributed by atoms with van der Waals surface area (Å²) in [5.74, 6) is -0.407. The summed E-state index contributed by atoms with van der Waals surface area (Å²) in [6, 6.07) is 16.1. The molecule has 0 spiro atoms. The van der Waals surface area contributed by atoms with E-state index in [0.29, 0.717) is 24.2 Å². The minimum Gasteiger partial charge on any atom is -0.389 e. The quantitative estimate of drug-likeness (QED) is 0.905. The van der Waals surface area contributed by atoms with Crippen LogP contribution in [0.4, 0.5) is 15.8 Å². The predicted molar refractivity (Wildman–Crippen MR) is 80.7 cm³/mol. The first kappa shape index (κ1) is 15.0. The van der Waals surface area contributed by atoms with Gasteiger partial charge in [0.2, 0.25) is 0 Å². The van der Waals surface area contributed by atoms with Crippen LogP contribution in [0.1, 0.15) is 25.0 Å². The molecular formula is C17H17FN2O. The molecule has 0 aromatic heterocycles. The van der Waals surface area contributed by atoms with Gasteiger partial charge in [-0.25, -0.2) is 4.39 Å². The molecule has 0 bridgehead atoms. The lowest BCUT2D eigenvalue weighted by Gasteiger charge is -2.25. The number of benzene rings is 2. The molecule has 3 nitrogen and oxygen atoms in total. The number of hydrogen-bond donors (Lipinski definition) is 1. The molecular weight excluding hydrogens is 267 g/mol. The van der Waals surface area contributed by atoms with Crippen molar-refractivity contribution in [3.8, 4) is 6.07 Å². The molecule has 1 unspecified atom stereocenters. The van der Waals surface area contributed by atoms with E-state index in [9.17, 15) is 9.50 Å². The molecule has 1 N–H and O–H groups in total. The van der Waals surface area contributed by atoms with Crippen molar-refractivity contribution in [2.45, 2.75) is 19.4 Å². The van der Waals surface area contributed by atoms with Gasteiger partial charge >= 0.3 is 0 Å². The molecule has 1 atom stereocenters. The van der Waals surface area contributed by atoms with Gasteiger partial charge in [0.1, 0.15) is 5.82 Å². The summed E-state index contributed by atoms with van der Waals surface area (Å²) < 4.78 is 14.3. The highest BCUT2D eigenvalue weighted by atomic mass is 19.1. The van der Waals surface area contributed by atoms with E-state index < -0.39 is 11.9 Å². The second-order valence-corrected chi connectivity index (χ2v) is 4.78. The molecule has 0 radical (unpaired) electrons. The van der Waals surface area contributed by atoms with Crippen molar-refractivity contribution in [1.82, 2.24) is 0 Å². The maximum Gasteiger partial charge on any atom is 0.147 e. The van der Waals surface area contributed by atoms with Crippen molar-refractivity contribution in [2.75, 3.05) is 11.4 Å². The third-order valence-electron chi connectivity index (χ3n) is 3.26. The molecule has 0 heterocycles. The van der Waals surface area contributed by atoms with Crippen LogP contribution in [0.15, 0.2) is 48.5 Å². The standard InChI is InChI=1S/C17H17FN2O/c1-13(21)14-8-9-17(16(18)12-14)20(11-5-10-19)15-6-3-2-4-7-15/h2-4,6-9,12-13,21H,5,11H2,1H3. The summed E-state index contributed by atoms with van der Waals surface area (Å²) in [6.07, 6.45) is -0.412. The molecule has 2 aromatic rings. The third-order valence-corrected chi connectivity index (χ3v) is 3.26. The molecule has 2 aromatic carbocycles. The first-order valence-electron chi connectivity index (χ1n) is 6.80. The Bertz CT molecular complexity index is 635. The topological polar surface area (TPSA) is 47.3 Å². The normalized spacial score (nSPS) is 11.7. The number of hydrogen-bond acceptors (Lipinski definition) is 3. The molecule has 0 amide bonds. The van der Waals surface area contributed by atoms with Gasteiger partial charge in [-0.2, -0.15) is 5.26 Å². The molecule has 0 aliphatic carbocycles. The van der Waals surface area contributed by atoms with E-state index in [-0.39, 0.29) is 0 Å². The maximum absolute atomic E-state index is 14.3. The fraction of sp³-hybridized carbons (Fsp3) is 0.235. The number of para-hydroxylation sites is 1. The van der Waals surface area contributed by atoms with Crippen LogP contribution in [-0.2, 0) is 0 Å². The van der Waals surface area contributed by atoms with Crippen molar-refractivity contribution in [2.24, 2.45) is 0 Å². The van der Waals surface area contributed by atoms with Gasteiger partial charge in [0.15, 0.2) is 0 Å². The van der Waals surface area contributed by atoms with Gasteiger partial charge in [-0.3, -0.25) is 0 Å². The Kier molecular flexibility index (Phi) is 4.91. The second-order valence-electron chi connectivity index (χ2n) is 4.78. The lowest BCUT2D eigenvalue weighted by Crippen LogP contribution is -2.19. The van der Waals surface area contributed by atoms with Gasteiger partial charge < -0.3 is 10.0 Å². The molecule has 0 aliphatic heterocycles. The van der Waals surface area contributed by atoms with Crippen LogP contribution in [0.3, 0.4) is 0 Å². The van der Waals surface area contributed by atoms with Crippen LogP contribution in [0, 0.1) is 17.1 Å². The van der Waals surface area contributed by atoms with Gasteiger partial charge in [-0.15, -0.1) is 0 Å². The van der Waals surface area contributed by atoms with E-state index in [2.05, 4.69) is 6.07 Å². The Labute approximate surface area is 123 Å². The first-order chi connectivity index (χ1) is 10.1. The Morgan fingerprint density at radius 1 is 1.24 bits per heavy atom. The van der Waals surface area contributed by atoms with Crippen LogP contribution in [0.2, 0.25) is 0 Å². The summed E-state index contributed by atoms with van der Waals surface area (Å²) in [5.41, 5.74) is 1.77. The van der Waals surface area contributed by atoms with E-state index in [4.69, 9.17) is 5.26 Å². The number of aliphatic hydroxyl groups excluding tert-OH is 1. The van der Waals surface area contributed by atoms with Gasteiger partial charge in [-0.1, -0.05) is 24.3 Å². The van der Waals surface area contributed by atoms with Crippen molar-refractivity contribution in [3.63, 3.8) is 0 Å². The molecule has 21 heavy (non-hydrogen) atoms. The average molecular weight is 284 g/mol. The predicted octanol–water partition coefficient (Wildman–Crippen LogP) is 3.93. The van der Waals surface area contributed by atoms with Crippen LogP contribution >= 0.6 is 0 Å². The van der Waals surface area contributed by atoms with E-state index in [0.717, 1.165) is 5.69 Å². The van der Waals surface area contributed by atoms with E-state index in [1.54, 1.807) is 24.0 Å².